The summed E-state index contributed by atoms with van der Waals surface area (Å²) < 4.78 is 10.5. The first-order valence-corrected chi connectivity index (χ1v) is 9.78. The number of likely N-dealkylation sites (tertiary alicyclic amines) is 1. The van der Waals surface area contributed by atoms with Crippen LogP contribution in [-0.2, 0) is 0 Å². The van der Waals surface area contributed by atoms with Crippen molar-refractivity contribution in [3.05, 3.63) is 65.5 Å². The molecule has 4 rings (SSSR count). The van der Waals surface area contributed by atoms with E-state index in [0.29, 0.717) is 17.3 Å². The normalized spacial score (nSPS) is 14.3. The molecule has 0 unspecified atom stereocenters. The van der Waals surface area contributed by atoms with E-state index < -0.39 is 0 Å². The van der Waals surface area contributed by atoms with Gasteiger partial charge in [0.05, 0.1) is 7.11 Å². The molecule has 2 aromatic carbocycles. The highest BCUT2D eigenvalue weighted by Gasteiger charge is 2.19. The highest BCUT2D eigenvalue weighted by Crippen LogP contribution is 2.21. The van der Waals surface area contributed by atoms with Gasteiger partial charge >= 0.3 is 0 Å². The zero-order valence-corrected chi connectivity index (χ0v) is 16.4. The third-order valence-electron chi connectivity index (χ3n) is 4.99. The molecule has 0 spiro atoms. The molecule has 0 bridgehead atoms. The van der Waals surface area contributed by atoms with Crippen molar-refractivity contribution < 1.29 is 14.1 Å². The van der Waals surface area contributed by atoms with Crippen LogP contribution in [0.25, 0.3) is 23.5 Å². The summed E-state index contributed by atoms with van der Waals surface area (Å²) >= 11 is 0. The number of hydrogen-bond acceptors (Lipinski definition) is 5. The van der Waals surface area contributed by atoms with E-state index in [4.69, 9.17) is 9.26 Å². The zero-order valence-electron chi connectivity index (χ0n) is 16.4. The fourth-order valence-corrected chi connectivity index (χ4v) is 3.37. The maximum atomic E-state index is 12.7. The molecule has 29 heavy (non-hydrogen) atoms. The van der Waals surface area contributed by atoms with E-state index in [-0.39, 0.29) is 5.91 Å². The number of benzene rings is 2. The molecule has 0 N–H and O–H groups in total. The molecule has 1 fully saturated rings. The smallest absolute Gasteiger partial charge is 0.253 e. The molecule has 0 radical (unpaired) electrons. The van der Waals surface area contributed by atoms with Crippen molar-refractivity contribution in [1.82, 2.24) is 15.0 Å². The van der Waals surface area contributed by atoms with Gasteiger partial charge in [0.1, 0.15) is 5.75 Å². The quantitative estimate of drug-likeness (QED) is 0.641. The van der Waals surface area contributed by atoms with Crippen molar-refractivity contribution >= 4 is 18.1 Å². The molecule has 0 aliphatic carbocycles. The van der Waals surface area contributed by atoms with Gasteiger partial charge in [0.2, 0.25) is 5.82 Å². The van der Waals surface area contributed by atoms with Crippen molar-refractivity contribution in [2.24, 2.45) is 0 Å². The number of aromatic nitrogens is 2. The first-order chi connectivity index (χ1) is 14.2. The van der Waals surface area contributed by atoms with Gasteiger partial charge < -0.3 is 14.2 Å². The fourth-order valence-electron chi connectivity index (χ4n) is 3.37. The van der Waals surface area contributed by atoms with Gasteiger partial charge in [0.15, 0.2) is 0 Å². The predicted octanol–water partition coefficient (Wildman–Crippen LogP) is 4.54. The van der Waals surface area contributed by atoms with Gasteiger partial charge in [-0.25, -0.2) is 0 Å². The van der Waals surface area contributed by atoms with E-state index in [1.54, 1.807) is 13.2 Å². The van der Waals surface area contributed by atoms with Gasteiger partial charge in [-0.1, -0.05) is 29.4 Å². The van der Waals surface area contributed by atoms with Crippen LogP contribution in [0.1, 0.15) is 41.1 Å². The zero-order chi connectivity index (χ0) is 20.1. The molecular formula is C23H23N3O3. The van der Waals surface area contributed by atoms with Crippen LogP contribution in [0.2, 0.25) is 0 Å². The first-order valence-electron chi connectivity index (χ1n) is 9.78. The SMILES string of the molecule is COc1ccc(/C=C/c2nc(-c3cccc(C(=O)N4CCCCC4)c3)no2)cc1. The average Bonchev–Trinajstić information content (AvgIpc) is 3.27. The van der Waals surface area contributed by atoms with E-state index in [1.807, 2.05) is 59.5 Å². The summed E-state index contributed by atoms with van der Waals surface area (Å²) in [7, 11) is 1.64. The lowest BCUT2D eigenvalue weighted by Gasteiger charge is -2.26. The van der Waals surface area contributed by atoms with E-state index >= 15 is 0 Å². The van der Waals surface area contributed by atoms with Crippen LogP contribution >= 0.6 is 0 Å². The standard InChI is InChI=1S/C23H23N3O3/c1-28-20-11-8-17(9-12-20)10-13-21-24-22(25-29-21)18-6-5-7-19(16-18)23(27)26-14-3-2-4-15-26/h5-13,16H,2-4,14-15H2,1H3/b13-10+. The van der Waals surface area contributed by atoms with Gasteiger partial charge in [-0.15, -0.1) is 0 Å². The lowest BCUT2D eigenvalue weighted by Crippen LogP contribution is -2.35. The Labute approximate surface area is 169 Å². The Balaban J connectivity index is 1.48. The minimum Gasteiger partial charge on any atom is -0.497 e. The number of hydrogen-bond donors (Lipinski definition) is 0. The molecule has 1 aliphatic heterocycles. The molecule has 148 valence electrons. The lowest BCUT2D eigenvalue weighted by molar-refractivity contribution is 0.0724. The molecular weight excluding hydrogens is 366 g/mol. The third-order valence-corrected chi connectivity index (χ3v) is 4.99. The molecule has 1 saturated heterocycles. The topological polar surface area (TPSA) is 68.5 Å². The summed E-state index contributed by atoms with van der Waals surface area (Å²) in [6.07, 6.45) is 6.99. The van der Waals surface area contributed by atoms with Gasteiger partial charge in [-0.05, 0) is 55.2 Å². The molecule has 3 aromatic rings. The average molecular weight is 389 g/mol. The summed E-state index contributed by atoms with van der Waals surface area (Å²) in [6.45, 7) is 1.65. The van der Waals surface area contributed by atoms with Crippen molar-refractivity contribution in [1.29, 1.82) is 0 Å². The molecule has 6 nitrogen and oxygen atoms in total. The molecule has 6 heteroatoms. The molecule has 0 saturated carbocycles. The number of carbonyl (C=O) groups excluding carboxylic acids is 1. The van der Waals surface area contributed by atoms with Gasteiger partial charge in [-0.3, -0.25) is 4.79 Å². The van der Waals surface area contributed by atoms with Crippen LogP contribution in [0.4, 0.5) is 0 Å². The lowest BCUT2D eigenvalue weighted by atomic mass is 10.1. The summed E-state index contributed by atoms with van der Waals surface area (Å²) in [4.78, 5) is 19.1. The van der Waals surface area contributed by atoms with E-state index in [2.05, 4.69) is 10.1 Å². The third kappa shape index (κ3) is 4.54. The number of carbonyl (C=O) groups is 1. The molecule has 1 aliphatic rings. The van der Waals surface area contributed by atoms with Crippen molar-refractivity contribution in [3.8, 4) is 17.1 Å². The van der Waals surface area contributed by atoms with Crippen LogP contribution < -0.4 is 4.74 Å². The van der Waals surface area contributed by atoms with Crippen LogP contribution in [0.15, 0.2) is 53.1 Å². The van der Waals surface area contributed by atoms with Crippen LogP contribution in [0.5, 0.6) is 5.75 Å². The predicted molar refractivity (Wildman–Crippen MR) is 111 cm³/mol. The minimum atomic E-state index is 0.0645. The van der Waals surface area contributed by atoms with Crippen molar-refractivity contribution in [2.45, 2.75) is 19.3 Å². The number of methoxy groups -OCH3 is 1. The number of amides is 1. The summed E-state index contributed by atoms with van der Waals surface area (Å²) in [5.74, 6) is 1.74. The molecule has 1 aromatic heterocycles. The second-order valence-electron chi connectivity index (χ2n) is 7.00. The molecule has 1 amide bonds. The largest absolute Gasteiger partial charge is 0.497 e. The number of piperidine rings is 1. The second kappa shape index (κ2) is 8.73. The Morgan fingerprint density at radius 2 is 1.86 bits per heavy atom. The Morgan fingerprint density at radius 3 is 2.62 bits per heavy atom. The van der Waals surface area contributed by atoms with E-state index in [1.165, 1.54) is 6.42 Å². The fraction of sp³-hybridized carbons (Fsp3) is 0.261. The van der Waals surface area contributed by atoms with Crippen LogP contribution in [0, 0.1) is 0 Å². The highest BCUT2D eigenvalue weighted by atomic mass is 16.5. The summed E-state index contributed by atoms with van der Waals surface area (Å²) in [5, 5.41) is 4.06. The number of nitrogens with zero attached hydrogens (tertiary/aromatic N) is 3. The minimum absolute atomic E-state index is 0.0645. The van der Waals surface area contributed by atoms with Gasteiger partial charge in [-0.2, -0.15) is 4.98 Å². The Kier molecular flexibility index (Phi) is 5.70. The first kappa shape index (κ1) is 18.9. The van der Waals surface area contributed by atoms with Gasteiger partial charge in [0.25, 0.3) is 11.8 Å². The second-order valence-corrected chi connectivity index (χ2v) is 7.00. The number of ether oxygens (including phenoxy) is 1. The maximum Gasteiger partial charge on any atom is 0.253 e. The monoisotopic (exact) mass is 389 g/mol. The van der Waals surface area contributed by atoms with Crippen molar-refractivity contribution in [3.63, 3.8) is 0 Å². The Morgan fingerprint density at radius 1 is 1.07 bits per heavy atom. The number of rotatable bonds is 5. The molecule has 0 atom stereocenters. The highest BCUT2D eigenvalue weighted by molar-refractivity contribution is 5.95. The molecule has 2 heterocycles. The van der Waals surface area contributed by atoms with E-state index in [9.17, 15) is 4.79 Å². The van der Waals surface area contributed by atoms with Crippen LogP contribution in [-0.4, -0.2) is 41.1 Å². The Bertz CT molecular complexity index is 1000. The summed E-state index contributed by atoms with van der Waals surface area (Å²) in [6, 6.07) is 15.1. The van der Waals surface area contributed by atoms with E-state index in [0.717, 1.165) is 42.8 Å². The Hall–Kier alpha value is -3.41. The summed E-state index contributed by atoms with van der Waals surface area (Å²) in [5.41, 5.74) is 2.42. The maximum absolute atomic E-state index is 12.7. The van der Waals surface area contributed by atoms with Gasteiger partial charge in [0, 0.05) is 30.3 Å². The van der Waals surface area contributed by atoms with Crippen molar-refractivity contribution in [2.75, 3.05) is 20.2 Å². The van der Waals surface area contributed by atoms with Crippen LogP contribution in [0.3, 0.4) is 0 Å².